The van der Waals surface area contributed by atoms with E-state index in [4.69, 9.17) is 9.47 Å². The fourth-order valence-electron chi connectivity index (χ4n) is 3.18. The van der Waals surface area contributed by atoms with Gasteiger partial charge in [-0.15, -0.1) is 0 Å². The number of methoxy groups -OCH3 is 1. The minimum Gasteiger partial charge on any atom is -0.508 e. The number of carbonyl (C=O) groups is 1. The Morgan fingerprint density at radius 3 is 2.10 bits per heavy atom. The Hall–Kier alpha value is -3.47. The molecule has 150 valence electrons. The molecule has 0 atom stereocenters. The molecule has 0 bridgehead atoms. The SMILES string of the molecule is COc1ccc(NC(=O)Cc2cc(C)c(Oc3ccc(O)c(C)c3)c(C)c2)cc1. The van der Waals surface area contributed by atoms with Crippen LogP contribution in [0.15, 0.2) is 54.6 Å². The van der Waals surface area contributed by atoms with Gasteiger partial charge in [-0.25, -0.2) is 0 Å². The maximum Gasteiger partial charge on any atom is 0.228 e. The molecule has 0 radical (unpaired) electrons. The van der Waals surface area contributed by atoms with E-state index in [0.29, 0.717) is 5.75 Å². The molecule has 0 spiro atoms. The Kier molecular flexibility index (Phi) is 6.07. The molecule has 3 aromatic rings. The molecule has 0 fully saturated rings. The second-order valence-corrected chi connectivity index (χ2v) is 7.06. The van der Waals surface area contributed by atoms with Crippen molar-refractivity contribution in [2.24, 2.45) is 0 Å². The molecular formula is C24H25NO4. The number of hydrogen-bond donors (Lipinski definition) is 2. The summed E-state index contributed by atoms with van der Waals surface area (Å²) >= 11 is 0. The van der Waals surface area contributed by atoms with Gasteiger partial charge < -0.3 is 19.9 Å². The number of rotatable bonds is 6. The molecule has 3 rings (SSSR count). The van der Waals surface area contributed by atoms with Crippen molar-refractivity contribution in [3.8, 4) is 23.0 Å². The molecule has 5 nitrogen and oxygen atoms in total. The maximum atomic E-state index is 12.4. The number of aryl methyl sites for hydroxylation is 3. The summed E-state index contributed by atoms with van der Waals surface area (Å²) in [5, 5.41) is 12.6. The lowest BCUT2D eigenvalue weighted by atomic mass is 10.0. The zero-order valence-electron chi connectivity index (χ0n) is 17.1. The average molecular weight is 391 g/mol. The number of phenolic OH excluding ortho intramolecular Hbond substituents is 1. The Bertz CT molecular complexity index is 1000. The lowest BCUT2D eigenvalue weighted by Crippen LogP contribution is -2.14. The molecule has 3 aromatic carbocycles. The number of ether oxygens (including phenoxy) is 2. The van der Waals surface area contributed by atoms with Gasteiger partial charge in [0.25, 0.3) is 0 Å². The molecule has 2 N–H and O–H groups in total. The first-order chi connectivity index (χ1) is 13.9. The molecule has 0 aliphatic carbocycles. The summed E-state index contributed by atoms with van der Waals surface area (Å²) in [6, 6.07) is 16.3. The lowest BCUT2D eigenvalue weighted by molar-refractivity contribution is -0.115. The van der Waals surface area contributed by atoms with E-state index < -0.39 is 0 Å². The third kappa shape index (κ3) is 5.08. The molecule has 0 aliphatic rings. The van der Waals surface area contributed by atoms with Gasteiger partial charge >= 0.3 is 0 Å². The highest BCUT2D eigenvalue weighted by Gasteiger charge is 2.11. The molecule has 5 heteroatoms. The van der Waals surface area contributed by atoms with Crippen LogP contribution in [0.3, 0.4) is 0 Å². The van der Waals surface area contributed by atoms with Crippen LogP contribution < -0.4 is 14.8 Å². The number of aromatic hydroxyl groups is 1. The zero-order chi connectivity index (χ0) is 21.0. The second-order valence-electron chi connectivity index (χ2n) is 7.06. The normalized spacial score (nSPS) is 10.5. The summed E-state index contributed by atoms with van der Waals surface area (Å²) in [4.78, 5) is 12.4. The highest BCUT2D eigenvalue weighted by Crippen LogP contribution is 2.32. The monoisotopic (exact) mass is 391 g/mol. The van der Waals surface area contributed by atoms with Gasteiger partial charge in [-0.3, -0.25) is 4.79 Å². The summed E-state index contributed by atoms with van der Waals surface area (Å²) in [6.07, 6.45) is 0.270. The summed E-state index contributed by atoms with van der Waals surface area (Å²) < 4.78 is 11.2. The van der Waals surface area contributed by atoms with Crippen LogP contribution in [0.2, 0.25) is 0 Å². The van der Waals surface area contributed by atoms with E-state index in [9.17, 15) is 9.90 Å². The van der Waals surface area contributed by atoms with Crippen LogP contribution >= 0.6 is 0 Å². The zero-order valence-corrected chi connectivity index (χ0v) is 17.1. The molecule has 0 aliphatic heterocycles. The molecule has 29 heavy (non-hydrogen) atoms. The average Bonchev–Trinajstić information content (AvgIpc) is 2.68. The Morgan fingerprint density at radius 2 is 1.52 bits per heavy atom. The van der Waals surface area contributed by atoms with Crippen molar-refractivity contribution in [1.82, 2.24) is 0 Å². The number of anilines is 1. The minimum atomic E-state index is -0.0863. The number of amides is 1. The number of hydrogen-bond acceptors (Lipinski definition) is 4. The van der Waals surface area contributed by atoms with E-state index in [2.05, 4.69) is 5.32 Å². The van der Waals surface area contributed by atoms with Crippen LogP contribution in [0.5, 0.6) is 23.0 Å². The van der Waals surface area contributed by atoms with E-state index in [0.717, 1.165) is 39.4 Å². The van der Waals surface area contributed by atoms with Gasteiger partial charge in [0, 0.05) is 5.69 Å². The number of benzene rings is 3. The fourth-order valence-corrected chi connectivity index (χ4v) is 3.18. The van der Waals surface area contributed by atoms with Gasteiger partial charge in [-0.2, -0.15) is 0 Å². The minimum absolute atomic E-state index is 0.0863. The van der Waals surface area contributed by atoms with Gasteiger partial charge in [0.2, 0.25) is 5.91 Å². The number of phenols is 1. The Balaban J connectivity index is 1.70. The molecule has 0 heterocycles. The highest BCUT2D eigenvalue weighted by atomic mass is 16.5. The van der Waals surface area contributed by atoms with Gasteiger partial charge in [-0.05, 0) is 85.5 Å². The summed E-state index contributed by atoms with van der Waals surface area (Å²) in [7, 11) is 1.61. The van der Waals surface area contributed by atoms with E-state index in [1.807, 2.05) is 45.0 Å². The first-order valence-corrected chi connectivity index (χ1v) is 9.37. The van der Waals surface area contributed by atoms with Crippen molar-refractivity contribution in [1.29, 1.82) is 0 Å². The number of nitrogens with one attached hydrogen (secondary N) is 1. The van der Waals surface area contributed by atoms with Crippen LogP contribution in [0.25, 0.3) is 0 Å². The van der Waals surface area contributed by atoms with Gasteiger partial charge in [0.1, 0.15) is 23.0 Å². The molecule has 0 unspecified atom stereocenters. The predicted octanol–water partition coefficient (Wildman–Crippen LogP) is 5.30. The molecule has 0 aromatic heterocycles. The fraction of sp³-hybridized carbons (Fsp3) is 0.208. The van der Waals surface area contributed by atoms with Crippen LogP contribution in [0.4, 0.5) is 5.69 Å². The first-order valence-electron chi connectivity index (χ1n) is 9.37. The van der Waals surface area contributed by atoms with E-state index in [1.165, 1.54) is 0 Å². The van der Waals surface area contributed by atoms with Crippen molar-refractivity contribution < 1.29 is 19.4 Å². The third-order valence-electron chi connectivity index (χ3n) is 4.65. The number of carbonyl (C=O) groups excluding carboxylic acids is 1. The molecule has 0 saturated heterocycles. The van der Waals surface area contributed by atoms with Crippen molar-refractivity contribution in [2.45, 2.75) is 27.2 Å². The second kappa shape index (κ2) is 8.69. The van der Waals surface area contributed by atoms with E-state index >= 15 is 0 Å². The molecule has 0 saturated carbocycles. The van der Waals surface area contributed by atoms with Crippen molar-refractivity contribution in [2.75, 3.05) is 12.4 Å². The molecule has 1 amide bonds. The maximum absolute atomic E-state index is 12.4. The quantitative estimate of drug-likeness (QED) is 0.598. The van der Waals surface area contributed by atoms with Crippen LogP contribution in [-0.2, 0) is 11.2 Å². The van der Waals surface area contributed by atoms with Crippen molar-refractivity contribution in [3.63, 3.8) is 0 Å². The largest absolute Gasteiger partial charge is 0.508 e. The van der Waals surface area contributed by atoms with Crippen LogP contribution in [0, 0.1) is 20.8 Å². The Morgan fingerprint density at radius 1 is 0.897 bits per heavy atom. The third-order valence-corrected chi connectivity index (χ3v) is 4.65. The van der Waals surface area contributed by atoms with Crippen LogP contribution in [0.1, 0.15) is 22.3 Å². The first kappa shape index (κ1) is 20.3. The van der Waals surface area contributed by atoms with Gasteiger partial charge in [-0.1, -0.05) is 12.1 Å². The predicted molar refractivity (Wildman–Crippen MR) is 114 cm³/mol. The summed E-state index contributed by atoms with van der Waals surface area (Å²) in [6.45, 7) is 5.74. The van der Waals surface area contributed by atoms with Gasteiger partial charge in [0.05, 0.1) is 13.5 Å². The molecular weight excluding hydrogens is 366 g/mol. The van der Waals surface area contributed by atoms with Gasteiger partial charge in [0.15, 0.2) is 0 Å². The van der Waals surface area contributed by atoms with Crippen molar-refractivity contribution in [3.05, 3.63) is 76.9 Å². The topological polar surface area (TPSA) is 67.8 Å². The summed E-state index contributed by atoms with van der Waals surface area (Å²) in [5.74, 6) is 2.32. The van der Waals surface area contributed by atoms with E-state index in [1.54, 1.807) is 37.4 Å². The highest BCUT2D eigenvalue weighted by molar-refractivity contribution is 5.92. The lowest BCUT2D eigenvalue weighted by Gasteiger charge is -2.15. The summed E-state index contributed by atoms with van der Waals surface area (Å²) in [5.41, 5.74) is 4.29. The van der Waals surface area contributed by atoms with E-state index in [-0.39, 0.29) is 18.1 Å². The standard InChI is InChI=1S/C24H25NO4/c1-15-13-21(9-10-22(15)26)29-24-16(2)11-18(12-17(24)3)14-23(27)25-19-5-7-20(28-4)8-6-19/h5-13,26H,14H2,1-4H3,(H,25,27). The van der Waals surface area contributed by atoms with Crippen LogP contribution in [-0.4, -0.2) is 18.1 Å². The van der Waals surface area contributed by atoms with Crippen molar-refractivity contribution >= 4 is 11.6 Å². The smallest absolute Gasteiger partial charge is 0.228 e. The Labute approximate surface area is 170 Å².